The summed E-state index contributed by atoms with van der Waals surface area (Å²) >= 11 is 0. The maximum atomic E-state index is 13.7. The molecule has 0 amide bonds. The summed E-state index contributed by atoms with van der Waals surface area (Å²) in [5, 5.41) is 10.1. The van der Waals surface area contributed by atoms with E-state index in [1.165, 1.54) is 6.07 Å². The van der Waals surface area contributed by atoms with Gasteiger partial charge in [-0.1, -0.05) is 35.9 Å². The van der Waals surface area contributed by atoms with Gasteiger partial charge in [0.15, 0.2) is 6.29 Å². The number of hydrogen-bond donors (Lipinski definition) is 1. The van der Waals surface area contributed by atoms with Gasteiger partial charge < -0.3 is 14.6 Å². The number of aliphatic hydroxyl groups excluding tert-OH is 1. The van der Waals surface area contributed by atoms with Gasteiger partial charge in [-0.15, -0.1) is 0 Å². The molecule has 28 heavy (non-hydrogen) atoms. The van der Waals surface area contributed by atoms with Crippen LogP contribution in [-0.2, 0) is 9.47 Å². The molecule has 4 heteroatoms. The van der Waals surface area contributed by atoms with E-state index in [4.69, 9.17) is 9.47 Å². The molecule has 1 unspecified atom stereocenters. The SMILES string of the molecule is CCOC1C[C@H](O)C[C@@H](C=Cc2c(C)cc(C)cc2-c2ccc(F)c(C)c2)O1. The minimum absolute atomic E-state index is 0.197. The minimum Gasteiger partial charge on any atom is -0.393 e. The molecule has 1 aliphatic heterocycles. The molecule has 2 aromatic carbocycles. The van der Waals surface area contributed by atoms with E-state index in [-0.39, 0.29) is 18.2 Å². The van der Waals surface area contributed by atoms with Crippen LogP contribution in [0.25, 0.3) is 17.2 Å². The second-order valence-electron chi connectivity index (χ2n) is 7.55. The average molecular weight is 384 g/mol. The molecule has 2 aromatic rings. The fraction of sp³-hybridized carbons (Fsp3) is 0.417. The van der Waals surface area contributed by atoms with Crippen LogP contribution in [0.1, 0.15) is 42.0 Å². The number of aliphatic hydroxyl groups is 1. The highest BCUT2D eigenvalue weighted by molar-refractivity contribution is 5.78. The zero-order chi connectivity index (χ0) is 20.3. The van der Waals surface area contributed by atoms with Crippen LogP contribution in [0.4, 0.5) is 4.39 Å². The Balaban J connectivity index is 1.93. The Hall–Kier alpha value is -2.01. The van der Waals surface area contributed by atoms with E-state index < -0.39 is 6.10 Å². The summed E-state index contributed by atoms with van der Waals surface area (Å²) < 4.78 is 25.2. The summed E-state index contributed by atoms with van der Waals surface area (Å²) in [6.45, 7) is 8.39. The van der Waals surface area contributed by atoms with E-state index >= 15 is 0 Å². The molecule has 1 saturated heterocycles. The monoisotopic (exact) mass is 384 g/mol. The second-order valence-corrected chi connectivity index (χ2v) is 7.55. The molecular weight excluding hydrogens is 355 g/mol. The Labute approximate surface area is 166 Å². The quantitative estimate of drug-likeness (QED) is 0.757. The molecule has 3 atom stereocenters. The van der Waals surface area contributed by atoms with Gasteiger partial charge in [-0.05, 0) is 67.6 Å². The first-order valence-electron chi connectivity index (χ1n) is 9.88. The van der Waals surface area contributed by atoms with Crippen LogP contribution in [0.3, 0.4) is 0 Å². The van der Waals surface area contributed by atoms with Crippen LogP contribution < -0.4 is 0 Å². The number of ether oxygens (including phenoxy) is 2. The third kappa shape index (κ3) is 4.88. The van der Waals surface area contributed by atoms with Crippen molar-refractivity contribution in [2.75, 3.05) is 6.61 Å². The van der Waals surface area contributed by atoms with Crippen molar-refractivity contribution in [3.8, 4) is 11.1 Å². The van der Waals surface area contributed by atoms with Crippen molar-refractivity contribution in [1.82, 2.24) is 0 Å². The van der Waals surface area contributed by atoms with Crippen LogP contribution >= 0.6 is 0 Å². The van der Waals surface area contributed by atoms with Crippen molar-refractivity contribution in [3.05, 3.63) is 64.5 Å². The van der Waals surface area contributed by atoms with Crippen LogP contribution in [-0.4, -0.2) is 30.2 Å². The molecule has 1 aliphatic rings. The Morgan fingerprint density at radius 1 is 1.14 bits per heavy atom. The summed E-state index contributed by atoms with van der Waals surface area (Å²) in [6, 6.07) is 9.48. The number of halogens is 1. The standard InChI is InChI=1S/C24H29FO3/c1-5-27-24-14-19(26)13-20(28-24)7-8-21-16(3)10-15(2)11-22(21)18-6-9-23(25)17(4)12-18/h6-12,19-20,24,26H,5,13-14H2,1-4H3/t19-,20-,24?/m1/s1. The smallest absolute Gasteiger partial charge is 0.160 e. The summed E-state index contributed by atoms with van der Waals surface area (Å²) in [5.74, 6) is -0.197. The molecular formula is C24H29FO3. The number of rotatable bonds is 5. The molecule has 150 valence electrons. The van der Waals surface area contributed by atoms with Crippen LogP contribution in [0.15, 0.2) is 36.4 Å². The first-order valence-corrected chi connectivity index (χ1v) is 9.88. The molecule has 0 spiro atoms. The first-order chi connectivity index (χ1) is 13.4. The van der Waals surface area contributed by atoms with Gasteiger partial charge in [0, 0.05) is 19.4 Å². The Bertz CT molecular complexity index is 859. The van der Waals surface area contributed by atoms with Gasteiger partial charge in [0.1, 0.15) is 5.82 Å². The van der Waals surface area contributed by atoms with Crippen molar-refractivity contribution in [2.24, 2.45) is 0 Å². The summed E-state index contributed by atoms with van der Waals surface area (Å²) in [4.78, 5) is 0. The Morgan fingerprint density at radius 3 is 2.64 bits per heavy atom. The third-order valence-electron chi connectivity index (χ3n) is 5.13. The molecule has 0 bridgehead atoms. The predicted molar refractivity (Wildman–Crippen MR) is 111 cm³/mol. The molecule has 3 nitrogen and oxygen atoms in total. The highest BCUT2D eigenvalue weighted by Gasteiger charge is 2.27. The Kier molecular flexibility index (Phi) is 6.65. The highest BCUT2D eigenvalue weighted by atomic mass is 19.1. The molecule has 1 N–H and O–H groups in total. The lowest BCUT2D eigenvalue weighted by atomic mass is 9.92. The lowest BCUT2D eigenvalue weighted by Crippen LogP contribution is -2.36. The molecule has 0 radical (unpaired) electrons. The lowest BCUT2D eigenvalue weighted by Gasteiger charge is -2.31. The molecule has 0 saturated carbocycles. The Morgan fingerprint density at radius 2 is 1.93 bits per heavy atom. The van der Waals surface area contributed by atoms with E-state index in [0.29, 0.717) is 25.0 Å². The van der Waals surface area contributed by atoms with E-state index in [0.717, 1.165) is 27.8 Å². The molecule has 1 fully saturated rings. The van der Waals surface area contributed by atoms with Gasteiger partial charge in [0.25, 0.3) is 0 Å². The molecule has 0 aliphatic carbocycles. The molecule has 0 aromatic heterocycles. The number of hydrogen-bond acceptors (Lipinski definition) is 3. The summed E-state index contributed by atoms with van der Waals surface area (Å²) in [5.41, 5.74) is 6.06. The van der Waals surface area contributed by atoms with Crippen molar-refractivity contribution in [3.63, 3.8) is 0 Å². The van der Waals surface area contributed by atoms with Crippen molar-refractivity contribution >= 4 is 6.08 Å². The fourth-order valence-corrected chi connectivity index (χ4v) is 3.76. The highest BCUT2D eigenvalue weighted by Crippen LogP contribution is 2.31. The molecule has 3 rings (SSSR count). The van der Waals surface area contributed by atoms with Crippen LogP contribution in [0.2, 0.25) is 0 Å². The normalized spacial score (nSPS) is 22.7. The van der Waals surface area contributed by atoms with Crippen LogP contribution in [0, 0.1) is 26.6 Å². The number of benzene rings is 2. The summed E-state index contributed by atoms with van der Waals surface area (Å²) in [6.07, 6.45) is 4.09. The van der Waals surface area contributed by atoms with Crippen molar-refractivity contribution in [2.45, 2.75) is 59.0 Å². The average Bonchev–Trinajstić information content (AvgIpc) is 2.62. The second kappa shape index (κ2) is 8.99. The van der Waals surface area contributed by atoms with E-state index in [2.05, 4.69) is 32.1 Å². The fourth-order valence-electron chi connectivity index (χ4n) is 3.76. The maximum absolute atomic E-state index is 13.7. The van der Waals surface area contributed by atoms with Gasteiger partial charge >= 0.3 is 0 Å². The van der Waals surface area contributed by atoms with Gasteiger partial charge in [-0.3, -0.25) is 0 Å². The van der Waals surface area contributed by atoms with Gasteiger partial charge in [-0.25, -0.2) is 4.39 Å². The largest absolute Gasteiger partial charge is 0.393 e. The van der Waals surface area contributed by atoms with Crippen molar-refractivity contribution in [1.29, 1.82) is 0 Å². The lowest BCUT2D eigenvalue weighted by molar-refractivity contribution is -0.201. The van der Waals surface area contributed by atoms with Gasteiger partial charge in [-0.2, -0.15) is 0 Å². The minimum atomic E-state index is -0.432. The van der Waals surface area contributed by atoms with Crippen molar-refractivity contribution < 1.29 is 19.0 Å². The zero-order valence-corrected chi connectivity index (χ0v) is 17.0. The van der Waals surface area contributed by atoms with E-state index in [1.807, 2.05) is 25.1 Å². The van der Waals surface area contributed by atoms with E-state index in [9.17, 15) is 9.50 Å². The topological polar surface area (TPSA) is 38.7 Å². The third-order valence-corrected chi connectivity index (χ3v) is 5.13. The van der Waals surface area contributed by atoms with Crippen LogP contribution in [0.5, 0.6) is 0 Å². The number of aryl methyl sites for hydroxylation is 3. The maximum Gasteiger partial charge on any atom is 0.160 e. The van der Waals surface area contributed by atoms with Gasteiger partial charge in [0.2, 0.25) is 0 Å². The van der Waals surface area contributed by atoms with E-state index in [1.54, 1.807) is 6.92 Å². The predicted octanol–water partition coefficient (Wildman–Crippen LogP) is 5.33. The zero-order valence-electron chi connectivity index (χ0n) is 17.0. The molecule has 1 heterocycles. The summed E-state index contributed by atoms with van der Waals surface area (Å²) in [7, 11) is 0. The van der Waals surface area contributed by atoms with Gasteiger partial charge in [0.05, 0.1) is 12.2 Å². The first kappa shape index (κ1) is 20.7.